The maximum atomic E-state index is 12.4. The lowest BCUT2D eigenvalue weighted by Crippen LogP contribution is -2.65. The normalized spacial score (nSPS) is 20.3. The number of hydrogen-bond donors (Lipinski definition) is 2. The van der Waals surface area contributed by atoms with Crippen LogP contribution in [0, 0.1) is 0 Å². The van der Waals surface area contributed by atoms with Gasteiger partial charge >= 0.3 is 0 Å². The van der Waals surface area contributed by atoms with Crippen molar-refractivity contribution in [2.45, 2.75) is 58.0 Å². The van der Waals surface area contributed by atoms with Crippen LogP contribution in [0.5, 0.6) is 5.75 Å². The summed E-state index contributed by atoms with van der Waals surface area (Å²) in [6.45, 7) is 10.3. The third-order valence-corrected chi connectivity index (χ3v) is 4.67. The van der Waals surface area contributed by atoms with Gasteiger partial charge in [-0.3, -0.25) is 10.2 Å². The number of hydrogen-bond acceptors (Lipinski definition) is 4. The lowest BCUT2D eigenvalue weighted by atomic mass is 9.77. The molecular weight excluding hydrogens is 278 g/mol. The van der Waals surface area contributed by atoms with Crippen molar-refractivity contribution in [2.75, 3.05) is 12.0 Å². The van der Waals surface area contributed by atoms with Crippen molar-refractivity contribution in [3.05, 3.63) is 23.8 Å². The van der Waals surface area contributed by atoms with Crippen LogP contribution in [0.3, 0.4) is 0 Å². The summed E-state index contributed by atoms with van der Waals surface area (Å²) in [7, 11) is 1.65. The zero-order valence-electron chi connectivity index (χ0n) is 14.4. The molecule has 1 aliphatic heterocycles. The zero-order chi connectivity index (χ0) is 16.7. The Bertz CT molecular complexity index is 581. The lowest BCUT2D eigenvalue weighted by Gasteiger charge is -2.54. The van der Waals surface area contributed by atoms with Gasteiger partial charge in [0.15, 0.2) is 0 Å². The van der Waals surface area contributed by atoms with Gasteiger partial charge in [-0.05, 0) is 51.7 Å². The number of methoxy groups -OCH3 is 1. The van der Waals surface area contributed by atoms with Crippen LogP contribution in [-0.4, -0.2) is 24.1 Å². The molecule has 1 aromatic carbocycles. The summed E-state index contributed by atoms with van der Waals surface area (Å²) in [5.41, 5.74) is 3.64. The number of nitrogens with one attached hydrogen (secondary N) is 1. The average Bonchev–Trinajstić information content (AvgIpc) is 2.44. The molecule has 22 heavy (non-hydrogen) atoms. The number of anilines is 1. The molecule has 3 N–H and O–H groups in total. The summed E-state index contributed by atoms with van der Waals surface area (Å²) in [5, 5.41) is 0. The number of carbonyl (C=O) groups excluding carboxylic acids is 1. The fraction of sp³-hybridized carbons (Fsp3) is 0.588. The summed E-state index contributed by atoms with van der Waals surface area (Å²) in [6.07, 6.45) is 0.966. The summed E-state index contributed by atoms with van der Waals surface area (Å²) < 4.78 is 5.38. The number of fused-ring (bicyclic) bond motifs is 1. The highest BCUT2D eigenvalue weighted by atomic mass is 16.5. The van der Waals surface area contributed by atoms with Gasteiger partial charge < -0.3 is 9.64 Å². The van der Waals surface area contributed by atoms with Crippen molar-refractivity contribution in [1.29, 1.82) is 0 Å². The molecule has 5 nitrogen and oxygen atoms in total. The molecule has 1 heterocycles. The van der Waals surface area contributed by atoms with Crippen molar-refractivity contribution in [1.82, 2.24) is 5.43 Å². The van der Waals surface area contributed by atoms with Gasteiger partial charge in [0.1, 0.15) is 11.3 Å². The second-order valence-electron chi connectivity index (χ2n) is 7.21. The summed E-state index contributed by atoms with van der Waals surface area (Å²) in [4.78, 5) is 14.5. The van der Waals surface area contributed by atoms with E-state index >= 15 is 0 Å². The second-order valence-corrected chi connectivity index (χ2v) is 7.21. The standard InChI is InChI=1S/C17H27N3O2/c1-11-10-16(2,3)20(17(4,5)15(21)19-18)14-9-12(22-6)7-8-13(11)14/h7-9,11H,10,18H2,1-6H3,(H,19,21)/t11-/m0/s1. The molecule has 0 saturated heterocycles. The Morgan fingerprint density at radius 1 is 1.45 bits per heavy atom. The lowest BCUT2D eigenvalue weighted by molar-refractivity contribution is -0.126. The van der Waals surface area contributed by atoms with Gasteiger partial charge in [0, 0.05) is 17.3 Å². The average molecular weight is 305 g/mol. The number of benzene rings is 1. The monoisotopic (exact) mass is 305 g/mol. The number of nitrogens with two attached hydrogens (primary N) is 1. The molecule has 1 aromatic rings. The molecule has 0 fully saturated rings. The molecule has 0 aliphatic carbocycles. The van der Waals surface area contributed by atoms with E-state index in [2.05, 4.69) is 37.2 Å². The molecule has 1 amide bonds. The number of ether oxygens (including phenoxy) is 1. The second kappa shape index (κ2) is 5.47. The van der Waals surface area contributed by atoms with Crippen molar-refractivity contribution >= 4 is 11.6 Å². The molecule has 0 spiro atoms. The van der Waals surface area contributed by atoms with E-state index < -0.39 is 5.54 Å². The predicted octanol–water partition coefficient (Wildman–Crippen LogP) is 2.56. The van der Waals surface area contributed by atoms with Gasteiger partial charge in [-0.25, -0.2) is 5.84 Å². The molecule has 0 unspecified atom stereocenters. The van der Waals surface area contributed by atoms with E-state index in [0.717, 1.165) is 17.9 Å². The Balaban J connectivity index is 2.66. The molecule has 5 heteroatoms. The minimum absolute atomic E-state index is 0.172. The first-order valence-electron chi connectivity index (χ1n) is 7.64. The van der Waals surface area contributed by atoms with Crippen molar-refractivity contribution < 1.29 is 9.53 Å². The Morgan fingerprint density at radius 2 is 2.09 bits per heavy atom. The molecule has 1 aliphatic rings. The first-order valence-corrected chi connectivity index (χ1v) is 7.64. The van der Waals surface area contributed by atoms with Crippen molar-refractivity contribution in [3.63, 3.8) is 0 Å². The fourth-order valence-corrected chi connectivity index (χ4v) is 3.87. The van der Waals surface area contributed by atoms with E-state index in [4.69, 9.17) is 10.6 Å². The van der Waals surface area contributed by atoms with Gasteiger partial charge in [0.05, 0.1) is 7.11 Å². The van der Waals surface area contributed by atoms with Crippen LogP contribution in [0.1, 0.15) is 52.5 Å². The van der Waals surface area contributed by atoms with E-state index in [1.54, 1.807) is 7.11 Å². The van der Waals surface area contributed by atoms with Crippen LogP contribution < -0.4 is 20.9 Å². The van der Waals surface area contributed by atoms with E-state index in [0.29, 0.717) is 5.92 Å². The smallest absolute Gasteiger partial charge is 0.259 e. The number of amides is 1. The van der Waals surface area contributed by atoms with Crippen molar-refractivity contribution in [2.24, 2.45) is 5.84 Å². The van der Waals surface area contributed by atoms with Gasteiger partial charge in [0.25, 0.3) is 5.91 Å². The third kappa shape index (κ3) is 2.54. The molecule has 122 valence electrons. The predicted molar refractivity (Wildman–Crippen MR) is 89.0 cm³/mol. The molecule has 0 saturated carbocycles. The highest BCUT2D eigenvalue weighted by Crippen LogP contribution is 2.47. The first kappa shape index (κ1) is 16.6. The topological polar surface area (TPSA) is 67.6 Å². The minimum atomic E-state index is -0.764. The van der Waals surface area contributed by atoms with Gasteiger partial charge in [-0.2, -0.15) is 0 Å². The number of carbonyl (C=O) groups is 1. The Morgan fingerprint density at radius 3 is 2.64 bits per heavy atom. The Labute approximate surface area is 132 Å². The number of nitrogens with zero attached hydrogens (tertiary/aromatic N) is 1. The molecule has 2 rings (SSSR count). The maximum Gasteiger partial charge on any atom is 0.259 e. The highest BCUT2D eigenvalue weighted by molar-refractivity contribution is 5.90. The Kier molecular flexibility index (Phi) is 4.13. The first-order chi connectivity index (χ1) is 10.1. The van der Waals surface area contributed by atoms with Crippen LogP contribution >= 0.6 is 0 Å². The SMILES string of the molecule is COc1ccc2c(c1)N(C(C)(C)C(=O)NN)C(C)(C)C[C@@H]2C. The quantitative estimate of drug-likeness (QED) is 0.511. The van der Waals surface area contributed by atoms with Crippen LogP contribution in [0.4, 0.5) is 5.69 Å². The van der Waals surface area contributed by atoms with Gasteiger partial charge in [0.2, 0.25) is 0 Å². The third-order valence-electron chi connectivity index (χ3n) is 4.67. The van der Waals surface area contributed by atoms with Gasteiger partial charge in [-0.15, -0.1) is 0 Å². The number of hydrazine groups is 1. The van der Waals surface area contributed by atoms with Crippen LogP contribution in [0.2, 0.25) is 0 Å². The van der Waals surface area contributed by atoms with E-state index in [1.165, 1.54) is 5.56 Å². The molecule has 0 radical (unpaired) electrons. The minimum Gasteiger partial charge on any atom is -0.497 e. The molecule has 0 aromatic heterocycles. The van der Waals surface area contributed by atoms with Crippen molar-refractivity contribution in [3.8, 4) is 5.75 Å². The van der Waals surface area contributed by atoms with Crippen LogP contribution in [0.15, 0.2) is 18.2 Å². The van der Waals surface area contributed by atoms with Crippen LogP contribution in [-0.2, 0) is 4.79 Å². The molecule has 0 bridgehead atoms. The largest absolute Gasteiger partial charge is 0.497 e. The van der Waals surface area contributed by atoms with E-state index in [-0.39, 0.29) is 11.4 Å². The summed E-state index contributed by atoms with van der Waals surface area (Å²) >= 11 is 0. The highest BCUT2D eigenvalue weighted by Gasteiger charge is 2.47. The molecule has 1 atom stereocenters. The number of rotatable bonds is 3. The summed E-state index contributed by atoms with van der Waals surface area (Å²) in [6, 6.07) is 6.08. The molecular formula is C17H27N3O2. The summed E-state index contributed by atoms with van der Waals surface area (Å²) in [5.74, 6) is 6.41. The van der Waals surface area contributed by atoms with E-state index in [9.17, 15) is 4.79 Å². The zero-order valence-corrected chi connectivity index (χ0v) is 14.4. The van der Waals surface area contributed by atoms with E-state index in [1.807, 2.05) is 26.0 Å². The van der Waals surface area contributed by atoms with Gasteiger partial charge in [-0.1, -0.05) is 13.0 Å². The maximum absolute atomic E-state index is 12.4. The Hall–Kier alpha value is -1.75. The fourth-order valence-electron chi connectivity index (χ4n) is 3.87. The van der Waals surface area contributed by atoms with Crippen LogP contribution in [0.25, 0.3) is 0 Å².